The Morgan fingerprint density at radius 1 is 0.889 bits per heavy atom. The van der Waals surface area contributed by atoms with E-state index in [1.165, 1.54) is 38.1 Å². The van der Waals surface area contributed by atoms with Crippen molar-refractivity contribution in [3.63, 3.8) is 0 Å². The summed E-state index contributed by atoms with van der Waals surface area (Å²) in [6, 6.07) is 6.07. The first-order valence-corrected chi connectivity index (χ1v) is 5.29. The normalized spacial score (nSPS) is 13.4. The van der Waals surface area contributed by atoms with Gasteiger partial charge in [-0.2, -0.15) is 0 Å². The third kappa shape index (κ3) is 3.97. The predicted octanol–water partition coefficient (Wildman–Crippen LogP) is 1.39. The van der Waals surface area contributed by atoms with Crippen molar-refractivity contribution in [2.75, 3.05) is 0 Å². The zero-order chi connectivity index (χ0) is 13.7. The fraction of sp³-hybridized carbons (Fsp3) is 0.333. The Morgan fingerprint density at radius 2 is 1.17 bits per heavy atom. The van der Waals surface area contributed by atoms with Crippen LogP contribution in [0.4, 0.5) is 0 Å². The quantitative estimate of drug-likeness (QED) is 0.796. The van der Waals surface area contributed by atoms with E-state index in [0.717, 1.165) is 0 Å². The standard InChI is InChI=1S/C12H14O6/c1-7(11(13)14)17-9-3-5-10(6-4-9)18-8(2)12(15)16/h3-8H,1-2H3,(H,13,14)(H,15,16)/t7-,8+. The van der Waals surface area contributed by atoms with Crippen LogP contribution in [0.5, 0.6) is 11.5 Å². The van der Waals surface area contributed by atoms with Gasteiger partial charge >= 0.3 is 11.9 Å². The fourth-order valence-electron chi connectivity index (χ4n) is 1.11. The average Bonchev–Trinajstić information content (AvgIpc) is 2.31. The lowest BCUT2D eigenvalue weighted by Gasteiger charge is -2.12. The molecule has 98 valence electrons. The summed E-state index contributed by atoms with van der Waals surface area (Å²) in [5.74, 6) is -1.37. The molecule has 0 aromatic heterocycles. The molecule has 0 fully saturated rings. The van der Waals surface area contributed by atoms with Gasteiger partial charge < -0.3 is 19.7 Å². The summed E-state index contributed by atoms with van der Waals surface area (Å²) in [4.78, 5) is 21.2. The van der Waals surface area contributed by atoms with Crippen LogP contribution in [0.2, 0.25) is 0 Å². The molecule has 0 bridgehead atoms. The molecular weight excluding hydrogens is 240 g/mol. The number of hydrogen-bond acceptors (Lipinski definition) is 4. The van der Waals surface area contributed by atoms with Crippen molar-refractivity contribution in [1.29, 1.82) is 0 Å². The number of rotatable bonds is 6. The molecule has 0 radical (unpaired) electrons. The molecule has 0 aliphatic carbocycles. The lowest BCUT2D eigenvalue weighted by Crippen LogP contribution is -2.23. The van der Waals surface area contributed by atoms with Crippen molar-refractivity contribution < 1.29 is 29.3 Å². The molecular formula is C12H14O6. The van der Waals surface area contributed by atoms with Gasteiger partial charge in [-0.05, 0) is 38.1 Å². The second-order valence-corrected chi connectivity index (χ2v) is 3.67. The van der Waals surface area contributed by atoms with Gasteiger partial charge in [0.05, 0.1) is 0 Å². The largest absolute Gasteiger partial charge is 0.479 e. The van der Waals surface area contributed by atoms with Crippen molar-refractivity contribution in [2.24, 2.45) is 0 Å². The van der Waals surface area contributed by atoms with Gasteiger partial charge in [-0.3, -0.25) is 0 Å². The molecule has 0 amide bonds. The summed E-state index contributed by atoms with van der Waals surface area (Å²) >= 11 is 0. The lowest BCUT2D eigenvalue weighted by atomic mass is 10.3. The molecule has 0 saturated heterocycles. The van der Waals surface area contributed by atoms with E-state index >= 15 is 0 Å². The van der Waals surface area contributed by atoms with E-state index in [1.807, 2.05) is 0 Å². The molecule has 0 spiro atoms. The average molecular weight is 254 g/mol. The molecule has 1 rings (SSSR count). The number of carboxylic acids is 2. The van der Waals surface area contributed by atoms with E-state index in [9.17, 15) is 9.59 Å². The van der Waals surface area contributed by atoms with Crippen LogP contribution in [-0.2, 0) is 9.59 Å². The van der Waals surface area contributed by atoms with Gasteiger partial charge in [-0.25, -0.2) is 9.59 Å². The number of benzene rings is 1. The van der Waals surface area contributed by atoms with E-state index in [2.05, 4.69) is 0 Å². The zero-order valence-corrected chi connectivity index (χ0v) is 9.99. The van der Waals surface area contributed by atoms with Crippen molar-refractivity contribution in [2.45, 2.75) is 26.1 Å². The summed E-state index contributed by atoms with van der Waals surface area (Å²) in [5.41, 5.74) is 0. The maximum absolute atomic E-state index is 10.6. The Labute approximate surface area is 104 Å². The van der Waals surface area contributed by atoms with Crippen molar-refractivity contribution >= 4 is 11.9 Å². The van der Waals surface area contributed by atoms with Gasteiger partial charge in [0.2, 0.25) is 0 Å². The number of ether oxygens (including phenoxy) is 2. The van der Waals surface area contributed by atoms with Gasteiger partial charge in [0, 0.05) is 0 Å². The Hall–Kier alpha value is -2.24. The number of hydrogen-bond donors (Lipinski definition) is 2. The second-order valence-electron chi connectivity index (χ2n) is 3.67. The fourth-order valence-corrected chi connectivity index (χ4v) is 1.11. The molecule has 2 N–H and O–H groups in total. The molecule has 0 unspecified atom stereocenters. The molecule has 6 heteroatoms. The van der Waals surface area contributed by atoms with E-state index in [-0.39, 0.29) is 0 Å². The van der Waals surface area contributed by atoms with Gasteiger partial charge in [-0.1, -0.05) is 0 Å². The van der Waals surface area contributed by atoms with Crippen molar-refractivity contribution in [3.8, 4) is 11.5 Å². The first kappa shape index (κ1) is 13.8. The third-order valence-corrected chi connectivity index (χ3v) is 2.14. The smallest absolute Gasteiger partial charge is 0.344 e. The maximum Gasteiger partial charge on any atom is 0.344 e. The monoisotopic (exact) mass is 254 g/mol. The summed E-state index contributed by atoms with van der Waals surface area (Å²) in [7, 11) is 0. The van der Waals surface area contributed by atoms with Gasteiger partial charge in [0.1, 0.15) is 11.5 Å². The Bertz CT molecular complexity index is 384. The third-order valence-electron chi connectivity index (χ3n) is 2.14. The van der Waals surface area contributed by atoms with Crippen LogP contribution in [0, 0.1) is 0 Å². The maximum atomic E-state index is 10.6. The van der Waals surface area contributed by atoms with Crippen molar-refractivity contribution in [1.82, 2.24) is 0 Å². The van der Waals surface area contributed by atoms with Crippen LogP contribution in [-0.4, -0.2) is 34.4 Å². The molecule has 0 saturated carbocycles. The molecule has 6 nitrogen and oxygen atoms in total. The van der Waals surface area contributed by atoms with E-state index in [0.29, 0.717) is 11.5 Å². The highest BCUT2D eigenvalue weighted by Crippen LogP contribution is 2.19. The minimum absolute atomic E-state index is 0.375. The molecule has 1 aromatic carbocycles. The second kappa shape index (κ2) is 5.90. The van der Waals surface area contributed by atoms with E-state index in [4.69, 9.17) is 19.7 Å². The van der Waals surface area contributed by atoms with Gasteiger partial charge in [0.25, 0.3) is 0 Å². The summed E-state index contributed by atoms with van der Waals surface area (Å²) < 4.78 is 10.2. The number of carboxylic acid groups (broad SMARTS) is 2. The summed E-state index contributed by atoms with van der Waals surface area (Å²) in [6.45, 7) is 2.83. The zero-order valence-electron chi connectivity index (χ0n) is 9.99. The van der Waals surface area contributed by atoms with Crippen LogP contribution in [0.3, 0.4) is 0 Å². The number of aliphatic carboxylic acids is 2. The van der Waals surface area contributed by atoms with Gasteiger partial charge in [-0.15, -0.1) is 0 Å². The minimum Gasteiger partial charge on any atom is -0.479 e. The van der Waals surface area contributed by atoms with Gasteiger partial charge in [0.15, 0.2) is 12.2 Å². The first-order valence-electron chi connectivity index (χ1n) is 5.29. The van der Waals surface area contributed by atoms with Crippen molar-refractivity contribution in [3.05, 3.63) is 24.3 Å². The molecule has 18 heavy (non-hydrogen) atoms. The molecule has 0 heterocycles. The van der Waals surface area contributed by atoms with Crippen LogP contribution in [0.25, 0.3) is 0 Å². The summed E-state index contributed by atoms with van der Waals surface area (Å²) in [5, 5.41) is 17.3. The Kier molecular flexibility index (Phi) is 4.53. The Morgan fingerprint density at radius 3 is 1.39 bits per heavy atom. The topological polar surface area (TPSA) is 93.1 Å². The van der Waals surface area contributed by atoms with Crippen LogP contribution in [0.15, 0.2) is 24.3 Å². The highest BCUT2D eigenvalue weighted by Gasteiger charge is 2.14. The highest BCUT2D eigenvalue weighted by atomic mass is 16.5. The Balaban J connectivity index is 2.63. The predicted molar refractivity (Wildman–Crippen MR) is 61.9 cm³/mol. The van der Waals surface area contributed by atoms with Crippen LogP contribution in [0.1, 0.15) is 13.8 Å². The highest BCUT2D eigenvalue weighted by molar-refractivity contribution is 5.72. The molecule has 0 aliphatic rings. The van der Waals surface area contributed by atoms with E-state index in [1.54, 1.807) is 0 Å². The minimum atomic E-state index is -1.06. The summed E-state index contributed by atoms with van der Waals surface area (Å²) in [6.07, 6.45) is -1.90. The molecule has 0 aliphatic heterocycles. The molecule has 1 aromatic rings. The van der Waals surface area contributed by atoms with E-state index < -0.39 is 24.1 Å². The first-order chi connectivity index (χ1) is 8.40. The lowest BCUT2D eigenvalue weighted by molar-refractivity contribution is -0.145. The number of carbonyl (C=O) groups is 2. The SMILES string of the molecule is C[C@H](Oc1ccc(O[C@H](C)C(=O)O)cc1)C(=O)O. The van der Waals surface area contributed by atoms with Crippen LogP contribution < -0.4 is 9.47 Å². The van der Waals surface area contributed by atoms with Crippen LogP contribution >= 0.6 is 0 Å². The molecule has 2 atom stereocenters.